The van der Waals surface area contributed by atoms with Crippen LogP contribution in [0.4, 0.5) is 0 Å². The highest BCUT2D eigenvalue weighted by Gasteiger charge is 2.55. The maximum absolute atomic E-state index is 12.4. The number of aryl methyl sites for hydroxylation is 1. The van der Waals surface area contributed by atoms with Gasteiger partial charge in [0.25, 0.3) is 0 Å². The Bertz CT molecular complexity index is 908. The van der Waals surface area contributed by atoms with Crippen molar-refractivity contribution in [2.45, 2.75) is 57.5 Å². The van der Waals surface area contributed by atoms with Crippen LogP contribution in [-0.2, 0) is 11.3 Å². The van der Waals surface area contributed by atoms with Crippen LogP contribution in [0.5, 0.6) is 5.75 Å². The number of hydrogen-bond acceptors (Lipinski definition) is 4. The Morgan fingerprint density at radius 2 is 1.90 bits per heavy atom. The van der Waals surface area contributed by atoms with Crippen molar-refractivity contribution in [3.63, 3.8) is 0 Å². The largest absolute Gasteiger partial charge is 0.423 e. The van der Waals surface area contributed by atoms with Crippen LogP contribution in [0, 0.1) is 17.3 Å². The Kier molecular flexibility index (Phi) is 4.72. The monoisotopic (exact) mass is 392 g/mol. The summed E-state index contributed by atoms with van der Waals surface area (Å²) in [4.78, 5) is 17.2. The SMILES string of the molecule is C[C@]12CCC3c4ccc(OC(=O)c5ccccc5)cc4CCC3C1CC[C@@H]2OO. The van der Waals surface area contributed by atoms with Crippen LogP contribution in [0.1, 0.15) is 66.4 Å². The fraction of sp³-hybridized carbons (Fsp3) is 0.480. The third kappa shape index (κ3) is 3.10. The Labute approximate surface area is 171 Å². The number of ether oxygens (including phenoxy) is 1. The normalized spacial score (nSPS) is 32.8. The van der Waals surface area contributed by atoms with Crippen molar-refractivity contribution >= 4 is 5.97 Å². The molecular weight excluding hydrogens is 364 g/mol. The average Bonchev–Trinajstić information content (AvgIpc) is 3.10. The number of fused-ring (bicyclic) bond motifs is 5. The molecule has 0 aliphatic heterocycles. The van der Waals surface area contributed by atoms with Crippen molar-refractivity contribution in [1.82, 2.24) is 0 Å². The Morgan fingerprint density at radius 1 is 1.07 bits per heavy atom. The van der Waals surface area contributed by atoms with Crippen LogP contribution in [0.2, 0.25) is 0 Å². The van der Waals surface area contributed by atoms with E-state index in [9.17, 15) is 10.1 Å². The van der Waals surface area contributed by atoms with E-state index in [4.69, 9.17) is 9.62 Å². The van der Waals surface area contributed by atoms with E-state index in [1.165, 1.54) is 11.1 Å². The third-order valence-corrected chi connectivity index (χ3v) is 7.96. The van der Waals surface area contributed by atoms with E-state index in [0.717, 1.165) is 38.5 Å². The summed E-state index contributed by atoms with van der Waals surface area (Å²) in [5.41, 5.74) is 3.41. The molecule has 0 bridgehead atoms. The second-order valence-electron chi connectivity index (χ2n) is 9.25. The van der Waals surface area contributed by atoms with Gasteiger partial charge >= 0.3 is 5.97 Å². The van der Waals surface area contributed by atoms with Gasteiger partial charge in [0.2, 0.25) is 0 Å². The molecule has 2 saturated carbocycles. The molecule has 29 heavy (non-hydrogen) atoms. The Hall–Kier alpha value is -2.17. The van der Waals surface area contributed by atoms with Crippen molar-refractivity contribution in [3.05, 3.63) is 65.2 Å². The number of benzene rings is 2. The molecule has 4 nitrogen and oxygen atoms in total. The molecule has 5 atom stereocenters. The van der Waals surface area contributed by atoms with E-state index in [0.29, 0.717) is 29.1 Å². The summed E-state index contributed by atoms with van der Waals surface area (Å²) in [7, 11) is 0. The van der Waals surface area contributed by atoms with Crippen molar-refractivity contribution in [3.8, 4) is 5.75 Å². The van der Waals surface area contributed by atoms with Crippen molar-refractivity contribution < 1.29 is 19.7 Å². The minimum Gasteiger partial charge on any atom is -0.423 e. The van der Waals surface area contributed by atoms with Crippen LogP contribution in [-0.4, -0.2) is 17.3 Å². The minimum absolute atomic E-state index is 0.0189. The molecule has 3 unspecified atom stereocenters. The molecule has 1 N–H and O–H groups in total. The summed E-state index contributed by atoms with van der Waals surface area (Å²) >= 11 is 0. The van der Waals surface area contributed by atoms with Gasteiger partial charge in [-0.3, -0.25) is 5.26 Å². The highest BCUT2D eigenvalue weighted by Crippen LogP contribution is 2.61. The van der Waals surface area contributed by atoms with E-state index >= 15 is 0 Å². The Balaban J connectivity index is 1.36. The lowest BCUT2D eigenvalue weighted by Crippen LogP contribution is -2.44. The fourth-order valence-corrected chi connectivity index (χ4v) is 6.49. The van der Waals surface area contributed by atoms with Gasteiger partial charge in [-0.1, -0.05) is 31.2 Å². The quantitative estimate of drug-likeness (QED) is 0.319. The molecule has 5 rings (SSSR count). The summed E-state index contributed by atoms with van der Waals surface area (Å²) in [6.07, 6.45) is 6.49. The first-order valence-electron chi connectivity index (χ1n) is 10.8. The van der Waals surface area contributed by atoms with Gasteiger partial charge < -0.3 is 4.74 Å². The molecule has 0 heterocycles. The van der Waals surface area contributed by atoms with E-state index in [-0.39, 0.29) is 17.5 Å². The van der Waals surface area contributed by atoms with Crippen molar-refractivity contribution in [2.75, 3.05) is 0 Å². The first kappa shape index (κ1) is 18.8. The van der Waals surface area contributed by atoms with E-state index < -0.39 is 0 Å². The second-order valence-corrected chi connectivity index (χ2v) is 9.25. The van der Waals surface area contributed by atoms with E-state index in [2.05, 4.69) is 19.1 Å². The third-order valence-electron chi connectivity index (χ3n) is 7.96. The van der Waals surface area contributed by atoms with Crippen LogP contribution in [0.3, 0.4) is 0 Å². The smallest absolute Gasteiger partial charge is 0.343 e. The van der Waals surface area contributed by atoms with Gasteiger partial charge in [-0.05, 0) is 91.7 Å². The molecule has 3 aliphatic rings. The first-order chi connectivity index (χ1) is 14.1. The van der Waals surface area contributed by atoms with Gasteiger partial charge in [0.1, 0.15) is 5.75 Å². The van der Waals surface area contributed by atoms with Gasteiger partial charge in [-0.2, -0.15) is 0 Å². The molecule has 2 aromatic rings. The lowest BCUT2D eigenvalue weighted by atomic mass is 9.55. The zero-order chi connectivity index (χ0) is 20.0. The lowest BCUT2D eigenvalue weighted by molar-refractivity contribution is -0.302. The first-order valence-corrected chi connectivity index (χ1v) is 10.8. The van der Waals surface area contributed by atoms with Gasteiger partial charge in [-0.15, -0.1) is 0 Å². The molecular formula is C25H28O4. The van der Waals surface area contributed by atoms with Crippen LogP contribution < -0.4 is 4.74 Å². The summed E-state index contributed by atoms with van der Waals surface area (Å²) in [6.45, 7) is 2.31. The highest BCUT2D eigenvalue weighted by atomic mass is 17.1. The summed E-state index contributed by atoms with van der Waals surface area (Å²) in [5.74, 6) is 2.15. The predicted octanol–water partition coefficient (Wildman–Crippen LogP) is 5.62. The number of carbonyl (C=O) groups excluding carboxylic acids is 1. The van der Waals surface area contributed by atoms with Gasteiger partial charge in [0.05, 0.1) is 11.7 Å². The zero-order valence-electron chi connectivity index (χ0n) is 16.8. The topological polar surface area (TPSA) is 55.8 Å². The number of esters is 1. The standard InChI is InChI=1S/C25H28O4/c1-25-14-13-20-19-10-8-18(28-24(26)16-5-3-2-4-6-16)15-17(19)7-9-21(20)22(25)11-12-23(25)29-27/h2-6,8,10,15,20-23,27H,7,9,11-14H2,1H3/t20?,21?,22?,23-,25-/m0/s1. The molecule has 0 spiro atoms. The summed E-state index contributed by atoms with van der Waals surface area (Å²) in [6, 6.07) is 15.3. The van der Waals surface area contributed by atoms with Crippen LogP contribution in [0.15, 0.2) is 48.5 Å². The molecule has 4 heteroatoms. The lowest BCUT2D eigenvalue weighted by Gasteiger charge is -2.50. The molecule has 152 valence electrons. The van der Waals surface area contributed by atoms with Gasteiger partial charge in [0.15, 0.2) is 0 Å². The predicted molar refractivity (Wildman–Crippen MR) is 110 cm³/mol. The van der Waals surface area contributed by atoms with Crippen molar-refractivity contribution in [2.24, 2.45) is 17.3 Å². The van der Waals surface area contributed by atoms with Gasteiger partial charge in [-0.25, -0.2) is 9.68 Å². The molecule has 0 radical (unpaired) electrons. The molecule has 3 aliphatic carbocycles. The van der Waals surface area contributed by atoms with Gasteiger partial charge in [0, 0.05) is 5.41 Å². The molecule has 0 aromatic heterocycles. The zero-order valence-corrected chi connectivity index (χ0v) is 16.8. The Morgan fingerprint density at radius 3 is 2.69 bits per heavy atom. The maximum atomic E-state index is 12.4. The molecule has 2 aromatic carbocycles. The summed E-state index contributed by atoms with van der Waals surface area (Å²) in [5, 5.41) is 9.37. The molecule has 2 fully saturated rings. The average molecular weight is 392 g/mol. The molecule has 0 amide bonds. The van der Waals surface area contributed by atoms with E-state index in [1.807, 2.05) is 24.3 Å². The fourth-order valence-electron chi connectivity index (χ4n) is 6.49. The highest BCUT2D eigenvalue weighted by molar-refractivity contribution is 5.91. The van der Waals surface area contributed by atoms with Crippen molar-refractivity contribution in [1.29, 1.82) is 0 Å². The number of hydrogen-bond donors (Lipinski definition) is 1. The van der Waals surface area contributed by atoms with E-state index in [1.54, 1.807) is 12.1 Å². The molecule has 0 saturated heterocycles. The van der Waals surface area contributed by atoms with Crippen LogP contribution >= 0.6 is 0 Å². The maximum Gasteiger partial charge on any atom is 0.343 e. The minimum atomic E-state index is -0.311. The second kappa shape index (κ2) is 7.26. The van der Waals surface area contributed by atoms with Crippen LogP contribution in [0.25, 0.3) is 0 Å². The summed E-state index contributed by atoms with van der Waals surface area (Å²) < 4.78 is 5.63. The number of carbonyl (C=O) groups is 1. The number of rotatable bonds is 3.